The molecule has 0 unspecified atom stereocenters. The van der Waals surface area contributed by atoms with E-state index in [0.717, 1.165) is 30.9 Å². The topological polar surface area (TPSA) is 53.6 Å². The molecular weight excluding hydrogens is 290 g/mol. The standard InChI is InChI=1S/C15H23N3O2.ClH/c1-18(2)6-7-20-14-5-3-4-12(8-14)9-17-15(19)13-10-16-11-13;/h3-5,8,13,16H,6-7,9-11H2,1-2H3,(H,17,19);1H. The molecule has 1 fully saturated rings. The fourth-order valence-corrected chi connectivity index (χ4v) is 1.90. The quantitative estimate of drug-likeness (QED) is 0.785. The van der Waals surface area contributed by atoms with Crippen molar-refractivity contribution in [3.05, 3.63) is 29.8 Å². The summed E-state index contributed by atoms with van der Waals surface area (Å²) in [6.07, 6.45) is 0. The molecule has 1 heterocycles. The predicted octanol–water partition coefficient (Wildman–Crippen LogP) is 0.884. The first-order valence-electron chi connectivity index (χ1n) is 7.00. The van der Waals surface area contributed by atoms with Crippen molar-refractivity contribution < 1.29 is 9.53 Å². The monoisotopic (exact) mass is 313 g/mol. The van der Waals surface area contributed by atoms with Gasteiger partial charge in [-0.25, -0.2) is 0 Å². The minimum Gasteiger partial charge on any atom is -0.492 e. The Morgan fingerprint density at radius 2 is 2.19 bits per heavy atom. The van der Waals surface area contributed by atoms with E-state index in [4.69, 9.17) is 4.74 Å². The molecule has 6 heteroatoms. The van der Waals surface area contributed by atoms with E-state index < -0.39 is 0 Å². The molecule has 0 aliphatic carbocycles. The van der Waals surface area contributed by atoms with Gasteiger partial charge < -0.3 is 20.3 Å². The molecule has 118 valence electrons. The highest BCUT2D eigenvalue weighted by atomic mass is 35.5. The van der Waals surface area contributed by atoms with E-state index in [1.807, 2.05) is 38.4 Å². The van der Waals surface area contributed by atoms with Crippen molar-refractivity contribution in [2.45, 2.75) is 6.54 Å². The number of nitrogens with one attached hydrogen (secondary N) is 2. The van der Waals surface area contributed by atoms with Crippen LogP contribution in [0.25, 0.3) is 0 Å². The first-order chi connectivity index (χ1) is 9.65. The highest BCUT2D eigenvalue weighted by molar-refractivity contribution is 5.85. The Morgan fingerprint density at radius 3 is 2.81 bits per heavy atom. The molecule has 0 radical (unpaired) electrons. The second-order valence-corrected chi connectivity index (χ2v) is 5.37. The summed E-state index contributed by atoms with van der Waals surface area (Å²) in [4.78, 5) is 13.8. The summed E-state index contributed by atoms with van der Waals surface area (Å²) < 4.78 is 5.68. The van der Waals surface area contributed by atoms with Gasteiger partial charge in [-0.1, -0.05) is 12.1 Å². The van der Waals surface area contributed by atoms with Crippen molar-refractivity contribution in [2.24, 2.45) is 5.92 Å². The molecule has 1 amide bonds. The summed E-state index contributed by atoms with van der Waals surface area (Å²) >= 11 is 0. The van der Waals surface area contributed by atoms with Crippen LogP contribution in [0.15, 0.2) is 24.3 Å². The second kappa shape index (κ2) is 8.87. The van der Waals surface area contributed by atoms with Gasteiger partial charge in [0.15, 0.2) is 0 Å². The number of halogens is 1. The lowest BCUT2D eigenvalue weighted by molar-refractivity contribution is -0.126. The van der Waals surface area contributed by atoms with Crippen LogP contribution in [0.2, 0.25) is 0 Å². The minimum atomic E-state index is 0. The minimum absolute atomic E-state index is 0. The molecule has 0 atom stereocenters. The second-order valence-electron chi connectivity index (χ2n) is 5.37. The molecular formula is C15H24ClN3O2. The number of ether oxygens (including phenoxy) is 1. The molecule has 1 aliphatic rings. The molecule has 1 aromatic carbocycles. The van der Waals surface area contributed by atoms with Gasteiger partial charge >= 0.3 is 0 Å². The Balaban J connectivity index is 0.00000220. The number of benzene rings is 1. The van der Waals surface area contributed by atoms with Crippen molar-refractivity contribution in [1.29, 1.82) is 0 Å². The highest BCUT2D eigenvalue weighted by Gasteiger charge is 2.24. The zero-order chi connectivity index (χ0) is 14.4. The van der Waals surface area contributed by atoms with E-state index >= 15 is 0 Å². The van der Waals surface area contributed by atoms with E-state index in [0.29, 0.717) is 13.2 Å². The Morgan fingerprint density at radius 1 is 1.43 bits per heavy atom. The summed E-state index contributed by atoms with van der Waals surface area (Å²) in [5, 5.41) is 6.06. The fourth-order valence-electron chi connectivity index (χ4n) is 1.90. The van der Waals surface area contributed by atoms with Crippen LogP contribution in [-0.2, 0) is 11.3 Å². The van der Waals surface area contributed by atoms with E-state index in [2.05, 4.69) is 15.5 Å². The van der Waals surface area contributed by atoms with Gasteiger partial charge in [0, 0.05) is 26.2 Å². The average molecular weight is 314 g/mol. The van der Waals surface area contributed by atoms with Crippen molar-refractivity contribution in [1.82, 2.24) is 15.5 Å². The molecule has 0 bridgehead atoms. The van der Waals surface area contributed by atoms with Crippen LogP contribution in [0.3, 0.4) is 0 Å². The molecule has 5 nitrogen and oxygen atoms in total. The third-order valence-corrected chi connectivity index (χ3v) is 3.32. The summed E-state index contributed by atoms with van der Waals surface area (Å²) in [5.74, 6) is 1.11. The first kappa shape index (κ1) is 17.8. The van der Waals surface area contributed by atoms with E-state index in [-0.39, 0.29) is 24.2 Å². The van der Waals surface area contributed by atoms with Crippen molar-refractivity contribution in [2.75, 3.05) is 40.3 Å². The van der Waals surface area contributed by atoms with Crippen LogP contribution in [0.1, 0.15) is 5.56 Å². The lowest BCUT2D eigenvalue weighted by atomic mass is 10.0. The van der Waals surface area contributed by atoms with Gasteiger partial charge in [-0.3, -0.25) is 4.79 Å². The SMILES string of the molecule is CN(C)CCOc1cccc(CNC(=O)C2CNC2)c1.Cl. The van der Waals surface area contributed by atoms with Gasteiger partial charge in [0.05, 0.1) is 5.92 Å². The van der Waals surface area contributed by atoms with Gasteiger partial charge in [-0.15, -0.1) is 12.4 Å². The molecule has 1 aliphatic heterocycles. The maximum atomic E-state index is 11.7. The highest BCUT2D eigenvalue weighted by Crippen LogP contribution is 2.13. The Kier molecular flexibility index (Phi) is 7.50. The lowest BCUT2D eigenvalue weighted by Gasteiger charge is -2.25. The van der Waals surface area contributed by atoms with Gasteiger partial charge in [0.1, 0.15) is 12.4 Å². The van der Waals surface area contributed by atoms with E-state index in [1.54, 1.807) is 0 Å². The largest absolute Gasteiger partial charge is 0.492 e. The normalized spacial score (nSPS) is 14.2. The molecule has 2 N–H and O–H groups in total. The lowest BCUT2D eigenvalue weighted by Crippen LogP contribution is -2.50. The van der Waals surface area contributed by atoms with Crippen LogP contribution in [0.4, 0.5) is 0 Å². The molecule has 1 aromatic rings. The number of hydrogen-bond acceptors (Lipinski definition) is 4. The number of carbonyl (C=O) groups is 1. The summed E-state index contributed by atoms with van der Waals surface area (Å²) in [6.45, 7) is 3.69. The van der Waals surface area contributed by atoms with Gasteiger partial charge in [0.25, 0.3) is 0 Å². The van der Waals surface area contributed by atoms with E-state index in [9.17, 15) is 4.79 Å². The number of likely N-dealkylation sites (N-methyl/N-ethyl adjacent to an activating group) is 1. The number of nitrogens with zero attached hydrogens (tertiary/aromatic N) is 1. The van der Waals surface area contributed by atoms with Crippen LogP contribution in [0, 0.1) is 5.92 Å². The fraction of sp³-hybridized carbons (Fsp3) is 0.533. The molecule has 21 heavy (non-hydrogen) atoms. The van der Waals surface area contributed by atoms with E-state index in [1.165, 1.54) is 0 Å². The maximum Gasteiger partial charge on any atom is 0.225 e. The van der Waals surface area contributed by atoms with Crippen molar-refractivity contribution >= 4 is 18.3 Å². The third kappa shape index (κ3) is 5.91. The molecule has 2 rings (SSSR count). The number of carbonyl (C=O) groups excluding carboxylic acids is 1. The predicted molar refractivity (Wildman–Crippen MR) is 85.9 cm³/mol. The van der Waals surface area contributed by atoms with Gasteiger partial charge in [-0.2, -0.15) is 0 Å². The molecule has 1 saturated heterocycles. The Hall–Kier alpha value is -1.30. The number of hydrogen-bond donors (Lipinski definition) is 2. The number of amides is 1. The Labute approximate surface area is 132 Å². The van der Waals surface area contributed by atoms with Crippen LogP contribution < -0.4 is 15.4 Å². The smallest absolute Gasteiger partial charge is 0.225 e. The Bertz CT molecular complexity index is 450. The summed E-state index contributed by atoms with van der Waals surface area (Å²) in [6, 6.07) is 7.88. The third-order valence-electron chi connectivity index (χ3n) is 3.32. The van der Waals surface area contributed by atoms with Crippen LogP contribution in [-0.4, -0.2) is 51.1 Å². The molecule has 0 saturated carbocycles. The van der Waals surface area contributed by atoms with Crippen molar-refractivity contribution in [3.8, 4) is 5.75 Å². The molecule has 0 spiro atoms. The molecule has 0 aromatic heterocycles. The van der Waals surface area contributed by atoms with Gasteiger partial charge in [0.2, 0.25) is 5.91 Å². The zero-order valence-electron chi connectivity index (χ0n) is 12.6. The first-order valence-corrected chi connectivity index (χ1v) is 7.00. The summed E-state index contributed by atoms with van der Waals surface area (Å²) in [5.41, 5.74) is 1.06. The zero-order valence-corrected chi connectivity index (χ0v) is 13.4. The van der Waals surface area contributed by atoms with Crippen LogP contribution in [0.5, 0.6) is 5.75 Å². The van der Waals surface area contributed by atoms with Crippen molar-refractivity contribution in [3.63, 3.8) is 0 Å². The maximum absolute atomic E-state index is 11.7. The summed E-state index contributed by atoms with van der Waals surface area (Å²) in [7, 11) is 4.04. The number of rotatable bonds is 7. The van der Waals surface area contributed by atoms with Gasteiger partial charge in [-0.05, 0) is 31.8 Å². The average Bonchev–Trinajstić information content (AvgIpc) is 2.34. The van der Waals surface area contributed by atoms with Crippen LogP contribution >= 0.6 is 12.4 Å².